The van der Waals surface area contributed by atoms with Crippen LogP contribution >= 0.6 is 0 Å². The Morgan fingerprint density at radius 1 is 1.33 bits per heavy atom. The number of aromatic nitrogens is 2. The van der Waals surface area contributed by atoms with Crippen LogP contribution in [0, 0.1) is 0 Å². The Morgan fingerprint density at radius 2 is 2.12 bits per heavy atom. The fourth-order valence-electron chi connectivity index (χ4n) is 2.96. The fraction of sp³-hybridized carbons (Fsp3) is 0.412. The standard InChI is InChI=1S/C17H22N4O3/c1-21-13-6-7-18-10-12(13)16(20-21)17(22)19-9-11-4-5-14(23-2)15(8-11)24-3/h4-5,8,18H,6-7,9-10H2,1-3H3,(H,19,22). The third-order valence-electron chi connectivity index (χ3n) is 4.23. The topological polar surface area (TPSA) is 77.4 Å². The van der Waals surface area contributed by atoms with Crippen molar-refractivity contribution >= 4 is 5.91 Å². The summed E-state index contributed by atoms with van der Waals surface area (Å²) in [5, 5.41) is 10.6. The third kappa shape index (κ3) is 3.07. The highest BCUT2D eigenvalue weighted by Crippen LogP contribution is 2.27. The van der Waals surface area contributed by atoms with Gasteiger partial charge >= 0.3 is 0 Å². The Balaban J connectivity index is 1.72. The normalized spacial score (nSPS) is 13.3. The smallest absolute Gasteiger partial charge is 0.272 e. The largest absolute Gasteiger partial charge is 0.493 e. The van der Waals surface area contributed by atoms with Gasteiger partial charge in [-0.15, -0.1) is 0 Å². The molecule has 1 aromatic carbocycles. The van der Waals surface area contributed by atoms with Crippen LogP contribution in [0.2, 0.25) is 0 Å². The van der Waals surface area contributed by atoms with Crippen molar-refractivity contribution in [3.8, 4) is 11.5 Å². The highest BCUT2D eigenvalue weighted by Gasteiger charge is 2.23. The molecule has 0 radical (unpaired) electrons. The molecule has 1 aromatic heterocycles. The van der Waals surface area contributed by atoms with Gasteiger partial charge in [0, 0.05) is 44.4 Å². The minimum atomic E-state index is -0.162. The number of nitrogens with zero attached hydrogens (tertiary/aromatic N) is 2. The second kappa shape index (κ2) is 6.92. The zero-order chi connectivity index (χ0) is 17.1. The molecule has 0 bridgehead atoms. The summed E-state index contributed by atoms with van der Waals surface area (Å²) in [5.74, 6) is 1.14. The zero-order valence-electron chi connectivity index (χ0n) is 14.2. The maximum Gasteiger partial charge on any atom is 0.272 e. The summed E-state index contributed by atoms with van der Waals surface area (Å²) in [4.78, 5) is 12.5. The van der Waals surface area contributed by atoms with Crippen molar-refractivity contribution in [3.63, 3.8) is 0 Å². The van der Waals surface area contributed by atoms with Gasteiger partial charge < -0.3 is 20.1 Å². The molecule has 0 spiro atoms. The number of hydrogen-bond acceptors (Lipinski definition) is 5. The number of carbonyl (C=O) groups excluding carboxylic acids is 1. The van der Waals surface area contributed by atoms with Gasteiger partial charge in [-0.05, 0) is 17.7 Å². The van der Waals surface area contributed by atoms with E-state index >= 15 is 0 Å². The van der Waals surface area contributed by atoms with Crippen molar-refractivity contribution in [2.45, 2.75) is 19.5 Å². The molecule has 0 fully saturated rings. The van der Waals surface area contributed by atoms with E-state index in [1.165, 1.54) is 0 Å². The molecule has 2 N–H and O–H groups in total. The van der Waals surface area contributed by atoms with Crippen molar-refractivity contribution < 1.29 is 14.3 Å². The van der Waals surface area contributed by atoms with Gasteiger partial charge in [-0.1, -0.05) is 6.07 Å². The molecule has 0 unspecified atom stereocenters. The first-order valence-corrected chi connectivity index (χ1v) is 7.88. The SMILES string of the molecule is COc1ccc(CNC(=O)c2nn(C)c3c2CNCC3)cc1OC. The summed E-state index contributed by atoms with van der Waals surface area (Å²) in [6, 6.07) is 5.58. The van der Waals surface area contributed by atoms with Crippen molar-refractivity contribution in [2.24, 2.45) is 7.05 Å². The number of amides is 1. The van der Waals surface area contributed by atoms with Crippen LogP contribution in [0.3, 0.4) is 0 Å². The summed E-state index contributed by atoms with van der Waals surface area (Å²) in [7, 11) is 5.07. The molecule has 0 atom stereocenters. The van der Waals surface area contributed by atoms with E-state index in [0.29, 0.717) is 30.3 Å². The molecule has 1 amide bonds. The van der Waals surface area contributed by atoms with Crippen LogP contribution in [0.1, 0.15) is 27.3 Å². The Kier molecular flexibility index (Phi) is 4.71. The molecule has 7 heteroatoms. The summed E-state index contributed by atoms with van der Waals surface area (Å²) < 4.78 is 12.3. The van der Waals surface area contributed by atoms with Gasteiger partial charge in [-0.25, -0.2) is 0 Å². The average molecular weight is 330 g/mol. The molecule has 128 valence electrons. The lowest BCUT2D eigenvalue weighted by Gasteiger charge is -2.14. The summed E-state index contributed by atoms with van der Waals surface area (Å²) in [5.41, 5.74) is 3.56. The maximum atomic E-state index is 12.5. The molecule has 7 nitrogen and oxygen atoms in total. The Morgan fingerprint density at radius 3 is 2.88 bits per heavy atom. The van der Waals surface area contributed by atoms with E-state index in [-0.39, 0.29) is 5.91 Å². The Bertz CT molecular complexity index is 755. The van der Waals surface area contributed by atoms with Gasteiger partial charge in [0.25, 0.3) is 5.91 Å². The summed E-state index contributed by atoms with van der Waals surface area (Å²) >= 11 is 0. The number of fused-ring (bicyclic) bond motifs is 1. The van der Waals surface area contributed by atoms with Gasteiger partial charge in [0.15, 0.2) is 17.2 Å². The molecule has 2 heterocycles. The van der Waals surface area contributed by atoms with Crippen LogP contribution in [0.4, 0.5) is 0 Å². The first kappa shape index (κ1) is 16.3. The van der Waals surface area contributed by atoms with Gasteiger partial charge in [0.2, 0.25) is 0 Å². The molecule has 2 aromatic rings. The predicted octanol–water partition coefficient (Wildman–Crippen LogP) is 1.01. The number of methoxy groups -OCH3 is 2. The van der Waals surface area contributed by atoms with Crippen molar-refractivity contribution in [1.29, 1.82) is 0 Å². The van der Waals surface area contributed by atoms with Gasteiger partial charge in [-0.3, -0.25) is 9.48 Å². The summed E-state index contributed by atoms with van der Waals surface area (Å²) in [6.07, 6.45) is 0.891. The lowest BCUT2D eigenvalue weighted by atomic mass is 10.1. The zero-order valence-corrected chi connectivity index (χ0v) is 14.2. The molecule has 1 aliphatic heterocycles. The molecule has 3 rings (SSSR count). The number of aryl methyl sites for hydroxylation is 1. The van der Waals surface area contributed by atoms with Crippen LogP contribution in [0.5, 0.6) is 11.5 Å². The highest BCUT2D eigenvalue weighted by atomic mass is 16.5. The summed E-state index contributed by atoms with van der Waals surface area (Å²) in [6.45, 7) is 2.00. The first-order chi connectivity index (χ1) is 11.6. The number of benzene rings is 1. The van der Waals surface area contributed by atoms with E-state index < -0.39 is 0 Å². The molecule has 0 saturated heterocycles. The first-order valence-electron chi connectivity index (χ1n) is 7.88. The van der Waals surface area contributed by atoms with Crippen LogP contribution in [0.25, 0.3) is 0 Å². The monoisotopic (exact) mass is 330 g/mol. The van der Waals surface area contributed by atoms with E-state index in [4.69, 9.17) is 9.47 Å². The number of ether oxygens (including phenoxy) is 2. The van der Waals surface area contributed by atoms with E-state index in [1.54, 1.807) is 14.2 Å². The van der Waals surface area contributed by atoms with Crippen LogP contribution < -0.4 is 20.1 Å². The highest BCUT2D eigenvalue weighted by molar-refractivity contribution is 5.94. The molecular formula is C17H22N4O3. The third-order valence-corrected chi connectivity index (χ3v) is 4.23. The molecular weight excluding hydrogens is 308 g/mol. The van der Waals surface area contributed by atoms with Crippen molar-refractivity contribution in [1.82, 2.24) is 20.4 Å². The second-order valence-electron chi connectivity index (χ2n) is 5.70. The predicted molar refractivity (Wildman–Crippen MR) is 89.3 cm³/mol. The van der Waals surface area contributed by atoms with Crippen LogP contribution in [0.15, 0.2) is 18.2 Å². The average Bonchev–Trinajstić information content (AvgIpc) is 2.96. The fourth-order valence-corrected chi connectivity index (χ4v) is 2.96. The quantitative estimate of drug-likeness (QED) is 0.856. The van der Waals surface area contributed by atoms with Gasteiger partial charge in [0.05, 0.1) is 14.2 Å². The lowest BCUT2D eigenvalue weighted by Crippen LogP contribution is -2.28. The minimum absolute atomic E-state index is 0.162. The van der Waals surface area contributed by atoms with Gasteiger partial charge in [0.1, 0.15) is 0 Å². The van der Waals surface area contributed by atoms with E-state index in [1.807, 2.05) is 29.9 Å². The van der Waals surface area contributed by atoms with E-state index in [0.717, 1.165) is 29.8 Å². The Labute approximate surface area is 140 Å². The lowest BCUT2D eigenvalue weighted by molar-refractivity contribution is 0.0944. The number of hydrogen-bond donors (Lipinski definition) is 2. The maximum absolute atomic E-state index is 12.5. The second-order valence-corrected chi connectivity index (χ2v) is 5.70. The minimum Gasteiger partial charge on any atom is -0.493 e. The molecule has 0 saturated carbocycles. The number of rotatable bonds is 5. The van der Waals surface area contributed by atoms with Gasteiger partial charge in [-0.2, -0.15) is 5.10 Å². The number of nitrogens with one attached hydrogen (secondary N) is 2. The van der Waals surface area contributed by atoms with Crippen LogP contribution in [-0.4, -0.2) is 36.5 Å². The molecule has 24 heavy (non-hydrogen) atoms. The van der Waals surface area contributed by atoms with Crippen LogP contribution in [-0.2, 0) is 26.6 Å². The van der Waals surface area contributed by atoms with Crippen molar-refractivity contribution in [2.75, 3.05) is 20.8 Å². The number of carbonyl (C=O) groups is 1. The molecule has 1 aliphatic rings. The Hall–Kier alpha value is -2.54. The molecule has 0 aliphatic carbocycles. The van der Waals surface area contributed by atoms with E-state index in [2.05, 4.69) is 15.7 Å². The van der Waals surface area contributed by atoms with E-state index in [9.17, 15) is 4.79 Å². The van der Waals surface area contributed by atoms with Crippen molar-refractivity contribution in [3.05, 3.63) is 40.7 Å².